The number of nitrogens with zero attached hydrogens (tertiary/aromatic N) is 2. The average molecular weight is 783 g/mol. The summed E-state index contributed by atoms with van der Waals surface area (Å²) in [5.74, 6) is 0. The first-order chi connectivity index (χ1) is 29.9. The monoisotopic (exact) mass is 782 g/mol. The van der Waals surface area contributed by atoms with E-state index in [9.17, 15) is 0 Å². The lowest BCUT2D eigenvalue weighted by molar-refractivity contribution is 0.546. The molecule has 0 amide bonds. The number of allylic oxidation sites excluding steroid dienone is 5. The van der Waals surface area contributed by atoms with Gasteiger partial charge in [-0.1, -0.05) is 196 Å². The Kier molecular flexibility index (Phi) is 8.47. The second kappa shape index (κ2) is 14.1. The maximum atomic E-state index is 4.15. The number of anilines is 3. The topological polar surface area (TPSA) is 8.17 Å². The minimum Gasteiger partial charge on any atom is -0.310 e. The van der Waals surface area contributed by atoms with Crippen LogP contribution in [0.25, 0.3) is 49.7 Å². The maximum Gasteiger partial charge on any atom is 0.0745 e. The maximum absolute atomic E-state index is 4.15. The third kappa shape index (κ3) is 5.35. The lowest BCUT2D eigenvalue weighted by Crippen LogP contribution is -2.43. The van der Waals surface area contributed by atoms with Crippen molar-refractivity contribution in [2.24, 2.45) is 0 Å². The van der Waals surface area contributed by atoms with Gasteiger partial charge < -0.3 is 9.47 Å². The molecule has 1 aliphatic carbocycles. The normalized spacial score (nSPS) is 16.2. The summed E-state index contributed by atoms with van der Waals surface area (Å²) in [6.45, 7) is 11.3. The highest BCUT2D eigenvalue weighted by atomic mass is 15.1. The van der Waals surface area contributed by atoms with E-state index in [0.717, 1.165) is 17.1 Å². The number of fused-ring (bicyclic) bond motifs is 9. The Hall–Kier alpha value is -7.42. The molecule has 292 valence electrons. The van der Waals surface area contributed by atoms with Crippen molar-refractivity contribution >= 4 is 38.9 Å². The number of benzene rings is 8. The molecule has 8 aromatic carbocycles. The Morgan fingerprint density at radius 2 is 1.15 bits per heavy atom. The smallest absolute Gasteiger partial charge is 0.0745 e. The van der Waals surface area contributed by atoms with Gasteiger partial charge in [-0.05, 0) is 93.9 Å². The van der Waals surface area contributed by atoms with Crippen molar-refractivity contribution in [3.63, 3.8) is 0 Å². The lowest BCUT2D eigenvalue weighted by Gasteiger charge is -2.50. The molecule has 0 bridgehead atoms. The Balaban J connectivity index is 1.21. The van der Waals surface area contributed by atoms with Gasteiger partial charge >= 0.3 is 0 Å². The zero-order valence-electron chi connectivity index (χ0n) is 34.8. The SMILES string of the molecule is C=C/C=C\C1=C(C)C(C)(C)c2cc(N(c3ccc(-c4ccccc4)cc3)c3ccccc3-c3ccccc3)ccc2C12c1ccccc1-n1c3ccccc3c3cccc2c31. The zero-order valence-corrected chi connectivity index (χ0v) is 34.8. The quantitative estimate of drug-likeness (QED) is 0.146. The van der Waals surface area contributed by atoms with Crippen LogP contribution >= 0.6 is 0 Å². The molecule has 11 rings (SSSR count). The van der Waals surface area contributed by atoms with Crippen molar-refractivity contribution in [2.45, 2.75) is 31.6 Å². The third-order valence-electron chi connectivity index (χ3n) is 13.6. The summed E-state index contributed by atoms with van der Waals surface area (Å²) in [6, 6.07) is 71.5. The molecule has 61 heavy (non-hydrogen) atoms. The van der Waals surface area contributed by atoms with E-state index >= 15 is 0 Å². The molecule has 2 nitrogen and oxygen atoms in total. The van der Waals surface area contributed by atoms with Crippen LogP contribution in [0.1, 0.15) is 43.0 Å². The molecule has 0 radical (unpaired) electrons. The standard InChI is InChI=1S/C59H46N2/c1-5-6-27-49-40(2)58(3,4)53-39-45(60(44-35-33-42(34-36-44)41-20-9-7-10-21-41)54-30-16-13-24-46(54)43-22-11-8-12-23-43)37-38-50(53)59(49)51-28-15-18-32-56(51)61-55-31-17-14-25-47(55)48-26-19-29-52(59)57(48)61/h5-39H,1H2,2-4H3/b27-6-. The highest BCUT2D eigenvalue weighted by molar-refractivity contribution is 6.12. The first-order valence-corrected chi connectivity index (χ1v) is 21.3. The summed E-state index contributed by atoms with van der Waals surface area (Å²) in [5, 5.41) is 2.55. The zero-order chi connectivity index (χ0) is 41.3. The van der Waals surface area contributed by atoms with E-state index in [2.05, 4.69) is 243 Å². The molecule has 1 aliphatic heterocycles. The predicted octanol–water partition coefficient (Wildman–Crippen LogP) is 15.6. The number of hydrogen-bond acceptors (Lipinski definition) is 1. The highest BCUT2D eigenvalue weighted by Gasteiger charge is 2.52. The number of rotatable bonds is 7. The van der Waals surface area contributed by atoms with Crippen LogP contribution in [-0.2, 0) is 10.8 Å². The van der Waals surface area contributed by atoms with Gasteiger partial charge in [0.15, 0.2) is 0 Å². The third-order valence-corrected chi connectivity index (χ3v) is 13.6. The minimum absolute atomic E-state index is 0.313. The van der Waals surface area contributed by atoms with E-state index < -0.39 is 5.41 Å². The van der Waals surface area contributed by atoms with Gasteiger partial charge in [0.2, 0.25) is 0 Å². The predicted molar refractivity (Wildman–Crippen MR) is 258 cm³/mol. The van der Waals surface area contributed by atoms with Crippen LogP contribution < -0.4 is 4.90 Å². The number of para-hydroxylation sites is 4. The van der Waals surface area contributed by atoms with Gasteiger partial charge in [-0.3, -0.25) is 0 Å². The van der Waals surface area contributed by atoms with Crippen LogP contribution in [0, 0.1) is 0 Å². The summed E-state index contributed by atoms with van der Waals surface area (Å²) < 4.78 is 2.51. The fourth-order valence-electron chi connectivity index (χ4n) is 10.6. The summed E-state index contributed by atoms with van der Waals surface area (Å²) in [6.07, 6.45) is 6.38. The number of aromatic nitrogens is 1. The molecule has 2 aliphatic rings. The van der Waals surface area contributed by atoms with Crippen LogP contribution in [0.4, 0.5) is 17.1 Å². The molecule has 0 saturated heterocycles. The van der Waals surface area contributed by atoms with Gasteiger partial charge in [0.25, 0.3) is 0 Å². The van der Waals surface area contributed by atoms with Crippen LogP contribution in [0.2, 0.25) is 0 Å². The largest absolute Gasteiger partial charge is 0.310 e. The van der Waals surface area contributed by atoms with Gasteiger partial charge in [0, 0.05) is 33.1 Å². The van der Waals surface area contributed by atoms with Gasteiger partial charge in [-0.25, -0.2) is 0 Å². The Labute approximate surface area is 358 Å². The van der Waals surface area contributed by atoms with Crippen LogP contribution in [0.3, 0.4) is 0 Å². The van der Waals surface area contributed by atoms with Gasteiger partial charge in [-0.15, -0.1) is 0 Å². The van der Waals surface area contributed by atoms with Gasteiger partial charge in [-0.2, -0.15) is 0 Å². The second-order valence-electron chi connectivity index (χ2n) is 16.9. The van der Waals surface area contributed by atoms with Crippen molar-refractivity contribution in [3.05, 3.63) is 252 Å². The van der Waals surface area contributed by atoms with E-state index in [0.29, 0.717) is 0 Å². The summed E-state index contributed by atoms with van der Waals surface area (Å²) in [7, 11) is 0. The molecule has 2 heterocycles. The molecule has 9 aromatic rings. The average Bonchev–Trinajstić information content (AvgIpc) is 3.66. The molecular formula is C59H46N2. The number of hydrogen-bond donors (Lipinski definition) is 0. The minimum atomic E-state index is -0.600. The van der Waals surface area contributed by atoms with Crippen molar-refractivity contribution < 1.29 is 0 Å². The first kappa shape index (κ1) is 36.6. The molecular weight excluding hydrogens is 737 g/mol. The highest BCUT2D eigenvalue weighted by Crippen LogP contribution is 2.61. The fourth-order valence-corrected chi connectivity index (χ4v) is 10.6. The molecule has 1 unspecified atom stereocenters. The van der Waals surface area contributed by atoms with Crippen molar-refractivity contribution in [3.8, 4) is 27.9 Å². The molecule has 0 N–H and O–H groups in total. The van der Waals surface area contributed by atoms with Gasteiger partial charge in [0.05, 0.1) is 27.8 Å². The van der Waals surface area contributed by atoms with Crippen LogP contribution in [0.15, 0.2) is 230 Å². The molecule has 0 saturated carbocycles. The Morgan fingerprint density at radius 1 is 0.525 bits per heavy atom. The van der Waals surface area contributed by atoms with E-state index in [1.807, 2.05) is 6.08 Å². The summed E-state index contributed by atoms with van der Waals surface area (Å²) in [4.78, 5) is 2.46. The molecule has 1 aromatic heterocycles. The van der Waals surface area contributed by atoms with E-state index in [1.54, 1.807) is 0 Å². The van der Waals surface area contributed by atoms with Crippen molar-refractivity contribution in [2.75, 3.05) is 4.90 Å². The Bertz CT molecular complexity index is 3230. The van der Waals surface area contributed by atoms with Crippen molar-refractivity contribution in [1.82, 2.24) is 4.57 Å². The van der Waals surface area contributed by atoms with Gasteiger partial charge in [0.1, 0.15) is 0 Å². The van der Waals surface area contributed by atoms with E-state index in [-0.39, 0.29) is 5.41 Å². The Morgan fingerprint density at radius 3 is 1.93 bits per heavy atom. The van der Waals surface area contributed by atoms with Crippen LogP contribution in [0.5, 0.6) is 0 Å². The summed E-state index contributed by atoms with van der Waals surface area (Å²) in [5.41, 5.74) is 18.8. The van der Waals surface area contributed by atoms with E-state index in [1.165, 1.54) is 83.1 Å². The molecule has 1 spiro atoms. The van der Waals surface area contributed by atoms with Crippen molar-refractivity contribution in [1.29, 1.82) is 0 Å². The molecule has 2 heteroatoms. The lowest BCUT2D eigenvalue weighted by atomic mass is 9.53. The first-order valence-electron chi connectivity index (χ1n) is 21.3. The molecule has 1 atom stereocenters. The van der Waals surface area contributed by atoms with E-state index in [4.69, 9.17) is 0 Å². The van der Waals surface area contributed by atoms with Crippen LogP contribution in [-0.4, -0.2) is 4.57 Å². The fraction of sp³-hybridized carbons (Fsp3) is 0.0847. The summed E-state index contributed by atoms with van der Waals surface area (Å²) >= 11 is 0. The molecule has 0 fully saturated rings. The second-order valence-corrected chi connectivity index (χ2v) is 16.9.